The molecule has 5 rings (SSSR count). The molecule has 9 heteroatoms. The molecule has 33 heavy (non-hydrogen) atoms. The Morgan fingerprint density at radius 3 is 2.39 bits per heavy atom. The van der Waals surface area contributed by atoms with Gasteiger partial charge in [0.1, 0.15) is 5.82 Å². The Morgan fingerprint density at radius 2 is 1.73 bits per heavy atom. The van der Waals surface area contributed by atoms with Crippen LogP contribution in [-0.4, -0.2) is 35.4 Å². The summed E-state index contributed by atoms with van der Waals surface area (Å²) in [5, 5.41) is 18.4. The number of tetrazole rings is 1. The number of alkyl halides is 2. The molecule has 2 heterocycles. The van der Waals surface area contributed by atoms with Crippen LogP contribution in [0.25, 0.3) is 22.5 Å². The van der Waals surface area contributed by atoms with Gasteiger partial charge in [-0.3, -0.25) is 0 Å². The number of aromatic nitrogens is 7. The van der Waals surface area contributed by atoms with Crippen molar-refractivity contribution in [2.75, 3.05) is 0 Å². The van der Waals surface area contributed by atoms with Crippen molar-refractivity contribution in [3.63, 3.8) is 0 Å². The summed E-state index contributed by atoms with van der Waals surface area (Å²) in [5.74, 6) is -2.26. The first-order valence-corrected chi connectivity index (χ1v) is 11.3. The number of nitrogens with one attached hydrogen (secondary N) is 1. The fraction of sp³-hybridized carbons (Fsp3) is 0.375. The Bertz CT molecular complexity index is 1200. The third-order valence-corrected chi connectivity index (χ3v) is 6.17. The van der Waals surface area contributed by atoms with Gasteiger partial charge in [0.2, 0.25) is 5.82 Å². The standard InChI is InChI=1S/C24H25F2N7/c1-24(25,26)23-27-21(33(30-23)18-7-3-2-4-8-18)15-16-11-13-17(14-12-16)19-9-5-6-10-20(19)22-28-31-32-29-22/h5-6,9-14,18H,2-4,7-8,15H2,1H3,(H,28,29,31,32). The van der Waals surface area contributed by atoms with E-state index in [9.17, 15) is 8.78 Å². The van der Waals surface area contributed by atoms with Crippen LogP contribution < -0.4 is 0 Å². The van der Waals surface area contributed by atoms with Gasteiger partial charge in [0, 0.05) is 18.9 Å². The summed E-state index contributed by atoms with van der Waals surface area (Å²) in [6.07, 6.45) is 5.74. The highest BCUT2D eigenvalue weighted by atomic mass is 19.3. The summed E-state index contributed by atoms with van der Waals surface area (Å²) in [5.41, 5.74) is 3.91. The minimum absolute atomic E-state index is 0.138. The fourth-order valence-electron chi connectivity index (χ4n) is 4.48. The van der Waals surface area contributed by atoms with Gasteiger partial charge in [-0.25, -0.2) is 14.8 Å². The molecular formula is C24H25F2N7. The van der Waals surface area contributed by atoms with Gasteiger partial charge in [0.15, 0.2) is 5.82 Å². The number of hydrogen-bond donors (Lipinski definition) is 1. The summed E-state index contributed by atoms with van der Waals surface area (Å²) in [6.45, 7) is 0.855. The zero-order valence-corrected chi connectivity index (χ0v) is 18.4. The van der Waals surface area contributed by atoms with E-state index in [0.717, 1.165) is 54.9 Å². The van der Waals surface area contributed by atoms with Crippen molar-refractivity contribution in [1.29, 1.82) is 0 Å². The normalized spacial score (nSPS) is 15.1. The van der Waals surface area contributed by atoms with E-state index in [4.69, 9.17) is 0 Å². The second kappa shape index (κ2) is 8.80. The maximum absolute atomic E-state index is 14.0. The Balaban J connectivity index is 1.43. The molecule has 0 spiro atoms. The van der Waals surface area contributed by atoms with Crippen molar-refractivity contribution >= 4 is 0 Å². The number of halogens is 2. The Morgan fingerprint density at radius 1 is 1.00 bits per heavy atom. The zero-order chi connectivity index (χ0) is 22.8. The lowest BCUT2D eigenvalue weighted by Crippen LogP contribution is -2.18. The molecule has 0 saturated heterocycles. The van der Waals surface area contributed by atoms with Crippen LogP contribution >= 0.6 is 0 Å². The van der Waals surface area contributed by atoms with Gasteiger partial charge < -0.3 is 0 Å². The first-order chi connectivity index (χ1) is 16.0. The molecule has 0 amide bonds. The van der Waals surface area contributed by atoms with Crippen LogP contribution in [0.4, 0.5) is 8.78 Å². The molecule has 1 fully saturated rings. The highest BCUT2D eigenvalue weighted by Crippen LogP contribution is 2.33. The molecule has 1 aliphatic rings. The highest BCUT2D eigenvalue weighted by Gasteiger charge is 2.32. The number of benzene rings is 2. The Hall–Kier alpha value is -3.49. The monoisotopic (exact) mass is 449 g/mol. The van der Waals surface area contributed by atoms with Crippen molar-refractivity contribution in [2.24, 2.45) is 0 Å². The summed E-state index contributed by atoms with van der Waals surface area (Å²) in [6, 6.07) is 16.1. The van der Waals surface area contributed by atoms with Crippen molar-refractivity contribution in [3.05, 3.63) is 65.7 Å². The predicted molar refractivity (Wildman–Crippen MR) is 120 cm³/mol. The molecule has 1 N–H and O–H groups in total. The highest BCUT2D eigenvalue weighted by molar-refractivity contribution is 5.80. The maximum Gasteiger partial charge on any atom is 0.305 e. The number of nitrogens with zero attached hydrogens (tertiary/aromatic N) is 6. The van der Waals surface area contributed by atoms with Crippen molar-refractivity contribution < 1.29 is 8.78 Å². The average molecular weight is 450 g/mol. The van der Waals surface area contributed by atoms with Crippen molar-refractivity contribution in [3.8, 4) is 22.5 Å². The van der Waals surface area contributed by atoms with Crippen LogP contribution in [-0.2, 0) is 12.3 Å². The van der Waals surface area contributed by atoms with E-state index in [1.807, 2.05) is 48.5 Å². The third kappa shape index (κ3) is 4.53. The smallest absolute Gasteiger partial charge is 0.246 e. The number of hydrogen-bond acceptors (Lipinski definition) is 5. The average Bonchev–Trinajstić information content (AvgIpc) is 3.51. The van der Waals surface area contributed by atoms with E-state index in [1.165, 1.54) is 6.42 Å². The van der Waals surface area contributed by atoms with Gasteiger partial charge >= 0.3 is 5.92 Å². The molecule has 1 saturated carbocycles. The SMILES string of the molecule is CC(F)(F)c1nc(Cc2ccc(-c3ccccc3-c3nnn[nH]3)cc2)n(C2CCCCC2)n1. The lowest BCUT2D eigenvalue weighted by Gasteiger charge is -2.23. The molecule has 170 valence electrons. The second-order valence-electron chi connectivity index (χ2n) is 8.65. The van der Waals surface area contributed by atoms with Gasteiger partial charge in [-0.05, 0) is 40.0 Å². The van der Waals surface area contributed by atoms with Gasteiger partial charge in [0.05, 0.1) is 6.04 Å². The van der Waals surface area contributed by atoms with Crippen LogP contribution in [0.3, 0.4) is 0 Å². The minimum Gasteiger partial charge on any atom is -0.246 e. The molecule has 7 nitrogen and oxygen atoms in total. The van der Waals surface area contributed by atoms with Crippen molar-refractivity contribution in [1.82, 2.24) is 35.4 Å². The van der Waals surface area contributed by atoms with Gasteiger partial charge in [-0.15, -0.1) is 10.2 Å². The van der Waals surface area contributed by atoms with E-state index in [2.05, 4.69) is 30.7 Å². The third-order valence-electron chi connectivity index (χ3n) is 6.17. The first kappa shape index (κ1) is 21.4. The minimum atomic E-state index is -3.06. The van der Waals surface area contributed by atoms with Crippen LogP contribution in [0.2, 0.25) is 0 Å². The van der Waals surface area contributed by atoms with E-state index >= 15 is 0 Å². The summed E-state index contributed by atoms with van der Waals surface area (Å²) in [7, 11) is 0. The Labute approximate surface area is 190 Å². The number of H-pyrrole nitrogens is 1. The van der Waals surface area contributed by atoms with Crippen LogP contribution in [0.1, 0.15) is 62.3 Å². The predicted octanol–water partition coefficient (Wildman–Crippen LogP) is 5.33. The summed E-state index contributed by atoms with van der Waals surface area (Å²) >= 11 is 0. The summed E-state index contributed by atoms with van der Waals surface area (Å²) in [4.78, 5) is 4.26. The first-order valence-electron chi connectivity index (χ1n) is 11.3. The quantitative estimate of drug-likeness (QED) is 0.430. The lowest BCUT2D eigenvalue weighted by molar-refractivity contribution is 0.00727. The lowest BCUT2D eigenvalue weighted by atomic mass is 9.95. The van der Waals surface area contributed by atoms with Gasteiger partial charge in [0.25, 0.3) is 0 Å². The van der Waals surface area contributed by atoms with E-state index in [1.54, 1.807) is 4.68 Å². The van der Waals surface area contributed by atoms with Crippen LogP contribution in [0.5, 0.6) is 0 Å². The molecule has 2 aromatic carbocycles. The van der Waals surface area contributed by atoms with E-state index < -0.39 is 11.7 Å². The Kier molecular flexibility index (Phi) is 5.70. The molecule has 4 aromatic rings. The van der Waals surface area contributed by atoms with Gasteiger partial charge in [-0.1, -0.05) is 67.8 Å². The summed E-state index contributed by atoms with van der Waals surface area (Å²) < 4.78 is 29.7. The molecule has 0 radical (unpaired) electrons. The molecule has 1 aliphatic carbocycles. The second-order valence-corrected chi connectivity index (χ2v) is 8.65. The van der Waals surface area contributed by atoms with Crippen LogP contribution in [0, 0.1) is 0 Å². The maximum atomic E-state index is 14.0. The largest absolute Gasteiger partial charge is 0.305 e. The molecule has 0 bridgehead atoms. The number of rotatable bonds is 6. The molecule has 0 unspecified atom stereocenters. The fourth-order valence-corrected chi connectivity index (χ4v) is 4.48. The van der Waals surface area contributed by atoms with Gasteiger partial charge in [-0.2, -0.15) is 8.78 Å². The number of aromatic amines is 1. The van der Waals surface area contributed by atoms with E-state index in [-0.39, 0.29) is 6.04 Å². The van der Waals surface area contributed by atoms with E-state index in [0.29, 0.717) is 18.1 Å². The molecule has 0 aliphatic heterocycles. The molecular weight excluding hydrogens is 424 g/mol. The molecule has 2 aromatic heterocycles. The topological polar surface area (TPSA) is 85.2 Å². The van der Waals surface area contributed by atoms with Crippen LogP contribution in [0.15, 0.2) is 48.5 Å². The van der Waals surface area contributed by atoms with Crippen molar-refractivity contribution in [2.45, 2.75) is 57.4 Å². The zero-order valence-electron chi connectivity index (χ0n) is 18.4. The molecule has 0 atom stereocenters.